The topological polar surface area (TPSA) is 56.3 Å². The molecule has 0 fully saturated rings. The van der Waals surface area contributed by atoms with Crippen LogP contribution in [0.15, 0.2) is 23.7 Å². The van der Waals surface area contributed by atoms with Gasteiger partial charge in [-0.2, -0.15) is 0 Å². The number of carbonyl (C=O) groups excluding carboxylic acids is 2. The molecule has 5 heteroatoms. The number of Topliss-reactive ketones (excluding diaryl/α,β-unsaturated/α-hetero) is 1. The lowest BCUT2D eigenvalue weighted by Crippen LogP contribution is -2.09. The van der Waals surface area contributed by atoms with Crippen LogP contribution in [0.4, 0.5) is 0 Å². The summed E-state index contributed by atoms with van der Waals surface area (Å²) in [5.74, 6) is -0.288. The van der Waals surface area contributed by atoms with Crippen molar-refractivity contribution in [3.05, 3.63) is 28.7 Å². The van der Waals surface area contributed by atoms with Crippen molar-refractivity contribution in [1.29, 1.82) is 0 Å². The molecule has 0 spiro atoms. The van der Waals surface area contributed by atoms with Crippen LogP contribution in [0.3, 0.4) is 0 Å². The number of esters is 1. The first-order chi connectivity index (χ1) is 8.09. The van der Waals surface area contributed by atoms with Crippen molar-refractivity contribution in [1.82, 2.24) is 4.98 Å². The Bertz CT molecular complexity index is 398. The van der Waals surface area contributed by atoms with Crippen LogP contribution in [-0.4, -0.2) is 23.3 Å². The third-order valence-electron chi connectivity index (χ3n) is 2.01. The summed E-state index contributed by atoms with van der Waals surface area (Å²) in [4.78, 5) is 26.6. The second-order valence-electron chi connectivity index (χ2n) is 3.66. The fourth-order valence-corrected chi connectivity index (χ4v) is 1.80. The molecule has 0 radical (unpaired) electrons. The number of ether oxygens (including phenoxy) is 1. The summed E-state index contributed by atoms with van der Waals surface area (Å²) in [5.41, 5.74) is 0.374. The first kappa shape index (κ1) is 13.6. The van der Waals surface area contributed by atoms with Crippen molar-refractivity contribution < 1.29 is 14.3 Å². The van der Waals surface area contributed by atoms with Gasteiger partial charge in [-0.3, -0.25) is 4.79 Å². The van der Waals surface area contributed by atoms with Gasteiger partial charge in [0.15, 0.2) is 0 Å². The zero-order chi connectivity index (χ0) is 12.7. The predicted molar refractivity (Wildman–Crippen MR) is 65.8 cm³/mol. The Morgan fingerprint density at radius 1 is 1.53 bits per heavy atom. The lowest BCUT2D eigenvalue weighted by Gasteiger charge is -2.03. The summed E-state index contributed by atoms with van der Waals surface area (Å²) in [6.45, 7) is 5.32. The van der Waals surface area contributed by atoms with Gasteiger partial charge in [0.1, 0.15) is 5.78 Å². The van der Waals surface area contributed by atoms with Gasteiger partial charge in [0.05, 0.1) is 18.0 Å². The SMILES string of the molecule is C=C(C)C(=O)OCCCC(=O)Cc1nccs1. The zero-order valence-corrected chi connectivity index (χ0v) is 10.6. The molecule has 1 aromatic heterocycles. The molecule has 0 aliphatic carbocycles. The zero-order valence-electron chi connectivity index (χ0n) is 9.77. The van der Waals surface area contributed by atoms with Crippen molar-refractivity contribution in [2.75, 3.05) is 6.61 Å². The summed E-state index contributed by atoms with van der Waals surface area (Å²) < 4.78 is 4.89. The average Bonchev–Trinajstić information content (AvgIpc) is 2.76. The maximum absolute atomic E-state index is 11.5. The lowest BCUT2D eigenvalue weighted by molar-refractivity contribution is -0.139. The van der Waals surface area contributed by atoms with Crippen LogP contribution in [-0.2, 0) is 20.7 Å². The lowest BCUT2D eigenvalue weighted by atomic mass is 10.2. The van der Waals surface area contributed by atoms with Crippen molar-refractivity contribution in [3.8, 4) is 0 Å². The minimum absolute atomic E-state index is 0.117. The van der Waals surface area contributed by atoms with Gasteiger partial charge in [-0.05, 0) is 13.3 Å². The smallest absolute Gasteiger partial charge is 0.333 e. The second kappa shape index (κ2) is 6.96. The molecule has 1 aromatic rings. The third kappa shape index (κ3) is 5.40. The van der Waals surface area contributed by atoms with Crippen LogP contribution >= 0.6 is 11.3 Å². The van der Waals surface area contributed by atoms with Crippen molar-refractivity contribution in [2.24, 2.45) is 0 Å². The Morgan fingerprint density at radius 3 is 2.88 bits per heavy atom. The summed E-state index contributed by atoms with van der Waals surface area (Å²) in [6.07, 6.45) is 3.00. The van der Waals surface area contributed by atoms with E-state index in [2.05, 4.69) is 11.6 Å². The molecular formula is C12H15NO3S. The molecule has 0 unspecified atom stereocenters. The van der Waals surface area contributed by atoms with Gasteiger partial charge in [-0.1, -0.05) is 6.58 Å². The third-order valence-corrected chi connectivity index (χ3v) is 2.79. The van der Waals surface area contributed by atoms with Crippen LogP contribution in [0.25, 0.3) is 0 Å². The van der Waals surface area contributed by atoms with Crippen molar-refractivity contribution in [2.45, 2.75) is 26.2 Å². The van der Waals surface area contributed by atoms with Crippen LogP contribution in [0, 0.1) is 0 Å². The highest BCUT2D eigenvalue weighted by molar-refractivity contribution is 7.09. The highest BCUT2D eigenvalue weighted by atomic mass is 32.1. The summed E-state index contributed by atoms with van der Waals surface area (Å²) in [5, 5.41) is 2.67. The molecule has 0 N–H and O–H groups in total. The summed E-state index contributed by atoms with van der Waals surface area (Å²) >= 11 is 1.47. The van der Waals surface area contributed by atoms with E-state index in [1.54, 1.807) is 13.1 Å². The minimum Gasteiger partial charge on any atom is -0.462 e. The highest BCUT2D eigenvalue weighted by Crippen LogP contribution is 2.07. The quantitative estimate of drug-likeness (QED) is 0.424. The van der Waals surface area contributed by atoms with Crippen molar-refractivity contribution in [3.63, 3.8) is 0 Å². The maximum Gasteiger partial charge on any atom is 0.333 e. The number of thiazole rings is 1. The summed E-state index contributed by atoms with van der Waals surface area (Å²) in [7, 11) is 0. The van der Waals surface area contributed by atoms with E-state index in [0.717, 1.165) is 5.01 Å². The molecule has 4 nitrogen and oxygen atoms in total. The molecule has 0 aliphatic heterocycles. The van der Waals surface area contributed by atoms with E-state index in [1.807, 2.05) is 5.38 Å². The van der Waals surface area contributed by atoms with Gasteiger partial charge in [0.25, 0.3) is 0 Å². The van der Waals surface area contributed by atoms with E-state index in [0.29, 0.717) is 24.8 Å². The van der Waals surface area contributed by atoms with E-state index >= 15 is 0 Å². The number of hydrogen-bond donors (Lipinski definition) is 0. The van der Waals surface area contributed by atoms with Crippen molar-refractivity contribution >= 4 is 23.1 Å². The fourth-order valence-electron chi connectivity index (χ4n) is 1.15. The molecule has 0 aliphatic rings. The molecular weight excluding hydrogens is 238 g/mol. The number of rotatable bonds is 7. The van der Waals surface area contributed by atoms with Gasteiger partial charge >= 0.3 is 5.97 Å². The molecule has 1 rings (SSSR count). The van der Waals surface area contributed by atoms with E-state index < -0.39 is 5.97 Å². The maximum atomic E-state index is 11.5. The Balaban J connectivity index is 2.12. The molecule has 0 saturated heterocycles. The fraction of sp³-hybridized carbons (Fsp3) is 0.417. The normalized spacial score (nSPS) is 9.94. The number of ketones is 1. The van der Waals surface area contributed by atoms with E-state index in [-0.39, 0.29) is 12.4 Å². The van der Waals surface area contributed by atoms with Crippen LogP contribution in [0.2, 0.25) is 0 Å². The number of nitrogens with zero attached hydrogens (tertiary/aromatic N) is 1. The molecule has 17 heavy (non-hydrogen) atoms. The van der Waals surface area contributed by atoms with Gasteiger partial charge in [-0.25, -0.2) is 9.78 Å². The van der Waals surface area contributed by atoms with E-state index in [9.17, 15) is 9.59 Å². The molecule has 0 aromatic carbocycles. The van der Waals surface area contributed by atoms with Gasteiger partial charge < -0.3 is 4.74 Å². The molecule has 92 valence electrons. The Morgan fingerprint density at radius 2 is 2.29 bits per heavy atom. The van der Waals surface area contributed by atoms with E-state index in [4.69, 9.17) is 4.74 Å². The predicted octanol–water partition coefficient (Wildman–Crippen LogP) is 2.15. The van der Waals surface area contributed by atoms with Crippen LogP contribution in [0.1, 0.15) is 24.8 Å². The largest absolute Gasteiger partial charge is 0.462 e. The Kier molecular flexibility index (Phi) is 5.56. The van der Waals surface area contributed by atoms with E-state index in [1.165, 1.54) is 11.3 Å². The Hall–Kier alpha value is -1.49. The number of carbonyl (C=O) groups is 2. The van der Waals surface area contributed by atoms with Crippen LogP contribution < -0.4 is 0 Å². The van der Waals surface area contributed by atoms with Crippen LogP contribution in [0.5, 0.6) is 0 Å². The highest BCUT2D eigenvalue weighted by Gasteiger charge is 2.07. The molecule has 0 amide bonds. The first-order valence-corrected chi connectivity index (χ1v) is 6.20. The number of aromatic nitrogens is 1. The number of hydrogen-bond acceptors (Lipinski definition) is 5. The second-order valence-corrected chi connectivity index (χ2v) is 4.64. The average molecular weight is 253 g/mol. The van der Waals surface area contributed by atoms with Gasteiger partial charge in [0, 0.05) is 23.6 Å². The molecule has 1 heterocycles. The minimum atomic E-state index is -0.405. The first-order valence-electron chi connectivity index (χ1n) is 5.32. The molecule has 0 bridgehead atoms. The molecule has 0 atom stereocenters. The van der Waals surface area contributed by atoms with Gasteiger partial charge in [0.2, 0.25) is 0 Å². The molecule has 0 saturated carbocycles. The van der Waals surface area contributed by atoms with Gasteiger partial charge in [-0.15, -0.1) is 11.3 Å². The summed E-state index contributed by atoms with van der Waals surface area (Å²) in [6, 6.07) is 0. The standard InChI is InChI=1S/C12H15NO3S/c1-9(2)12(15)16-6-3-4-10(14)8-11-13-5-7-17-11/h5,7H,1,3-4,6,8H2,2H3. The Labute approximate surface area is 104 Å². The monoisotopic (exact) mass is 253 g/mol.